The second-order valence-electron chi connectivity index (χ2n) is 7.41. The predicted molar refractivity (Wildman–Crippen MR) is 112 cm³/mol. The number of benzene rings is 2. The van der Waals surface area contributed by atoms with E-state index in [1.807, 2.05) is 30.3 Å². The topological polar surface area (TPSA) is 70.7 Å². The summed E-state index contributed by atoms with van der Waals surface area (Å²) in [6.45, 7) is 3.78. The van der Waals surface area contributed by atoms with Crippen molar-refractivity contribution in [2.45, 2.75) is 25.9 Å². The van der Waals surface area contributed by atoms with Crippen LogP contribution in [0, 0.1) is 5.92 Å². The van der Waals surface area contributed by atoms with E-state index in [-0.39, 0.29) is 6.54 Å². The molecule has 2 amide bonds. The molecule has 1 heterocycles. The second kappa shape index (κ2) is 10.6. The van der Waals surface area contributed by atoms with Crippen molar-refractivity contribution >= 4 is 11.8 Å². The standard InChI is InChI=1S/C23H29N3O3/c1-29-21-10-6-5-9-20(21)16-25-23(28)22(27)24-15-18-11-13-26(14-12-18)17-19-7-3-2-4-8-19/h2-10,18H,11-17H2,1H3,(H,24,27)(H,25,28). The molecule has 1 saturated heterocycles. The largest absolute Gasteiger partial charge is 0.496 e. The molecule has 0 unspecified atom stereocenters. The number of hydrogen-bond donors (Lipinski definition) is 2. The number of ether oxygens (including phenoxy) is 1. The maximum atomic E-state index is 12.1. The molecule has 0 aromatic heterocycles. The molecule has 1 aliphatic rings. The Bertz CT molecular complexity index is 802. The third-order valence-electron chi connectivity index (χ3n) is 5.35. The lowest BCUT2D eigenvalue weighted by atomic mass is 9.96. The van der Waals surface area contributed by atoms with E-state index in [0.717, 1.165) is 38.0 Å². The third-order valence-corrected chi connectivity index (χ3v) is 5.35. The number of piperidine rings is 1. The van der Waals surface area contributed by atoms with E-state index in [1.165, 1.54) is 5.56 Å². The van der Waals surface area contributed by atoms with Crippen LogP contribution in [0.15, 0.2) is 54.6 Å². The van der Waals surface area contributed by atoms with Crippen LogP contribution < -0.4 is 15.4 Å². The first kappa shape index (κ1) is 20.9. The van der Waals surface area contributed by atoms with Crippen LogP contribution in [-0.4, -0.2) is 43.5 Å². The number of carbonyl (C=O) groups is 2. The lowest BCUT2D eigenvalue weighted by Crippen LogP contribution is -2.43. The Morgan fingerprint density at radius 2 is 1.62 bits per heavy atom. The zero-order valence-corrected chi connectivity index (χ0v) is 16.9. The van der Waals surface area contributed by atoms with Crippen LogP contribution >= 0.6 is 0 Å². The minimum atomic E-state index is -0.614. The van der Waals surface area contributed by atoms with Gasteiger partial charge in [0.2, 0.25) is 0 Å². The Hall–Kier alpha value is -2.86. The van der Waals surface area contributed by atoms with Gasteiger partial charge in [-0.3, -0.25) is 14.5 Å². The number of methoxy groups -OCH3 is 1. The lowest BCUT2D eigenvalue weighted by molar-refractivity contribution is -0.139. The fraction of sp³-hybridized carbons (Fsp3) is 0.391. The Kier molecular flexibility index (Phi) is 7.64. The molecule has 0 radical (unpaired) electrons. The summed E-state index contributed by atoms with van der Waals surface area (Å²) in [5.74, 6) is -0.0903. The average Bonchev–Trinajstić information content (AvgIpc) is 2.77. The van der Waals surface area contributed by atoms with Crippen LogP contribution in [0.4, 0.5) is 0 Å². The van der Waals surface area contributed by atoms with Crippen LogP contribution in [-0.2, 0) is 22.7 Å². The van der Waals surface area contributed by atoms with Gasteiger partial charge in [0.25, 0.3) is 0 Å². The van der Waals surface area contributed by atoms with Gasteiger partial charge < -0.3 is 15.4 Å². The first-order chi connectivity index (χ1) is 14.2. The molecule has 0 aliphatic carbocycles. The molecule has 2 aromatic carbocycles. The summed E-state index contributed by atoms with van der Waals surface area (Å²) in [4.78, 5) is 26.6. The van der Waals surface area contributed by atoms with Gasteiger partial charge in [-0.25, -0.2) is 0 Å². The minimum Gasteiger partial charge on any atom is -0.496 e. The van der Waals surface area contributed by atoms with Crippen LogP contribution in [0.2, 0.25) is 0 Å². The van der Waals surface area contributed by atoms with Gasteiger partial charge >= 0.3 is 11.8 Å². The van der Waals surface area contributed by atoms with Crippen molar-refractivity contribution in [2.24, 2.45) is 5.92 Å². The number of para-hydroxylation sites is 1. The van der Waals surface area contributed by atoms with E-state index in [1.54, 1.807) is 7.11 Å². The molecule has 154 valence electrons. The molecule has 1 aliphatic heterocycles. The summed E-state index contributed by atoms with van der Waals surface area (Å²) in [5, 5.41) is 5.44. The van der Waals surface area contributed by atoms with Crippen molar-refractivity contribution in [3.63, 3.8) is 0 Å². The van der Waals surface area contributed by atoms with Gasteiger partial charge in [0, 0.05) is 25.2 Å². The maximum absolute atomic E-state index is 12.1. The van der Waals surface area contributed by atoms with Crippen LogP contribution in [0.5, 0.6) is 5.75 Å². The van der Waals surface area contributed by atoms with Crippen LogP contribution in [0.25, 0.3) is 0 Å². The summed E-state index contributed by atoms with van der Waals surface area (Å²) < 4.78 is 5.26. The summed E-state index contributed by atoms with van der Waals surface area (Å²) in [6, 6.07) is 17.9. The van der Waals surface area contributed by atoms with Crippen molar-refractivity contribution < 1.29 is 14.3 Å². The number of amides is 2. The fourth-order valence-corrected chi connectivity index (χ4v) is 3.61. The monoisotopic (exact) mass is 395 g/mol. The summed E-state index contributed by atoms with van der Waals surface area (Å²) in [7, 11) is 1.58. The highest BCUT2D eigenvalue weighted by atomic mass is 16.5. The molecule has 0 atom stereocenters. The highest BCUT2D eigenvalue weighted by Crippen LogP contribution is 2.19. The van der Waals surface area contributed by atoms with E-state index in [0.29, 0.717) is 18.2 Å². The molecule has 6 nitrogen and oxygen atoms in total. The molecule has 1 fully saturated rings. The van der Waals surface area contributed by atoms with Crippen molar-refractivity contribution in [3.8, 4) is 5.75 Å². The highest BCUT2D eigenvalue weighted by Gasteiger charge is 2.21. The fourth-order valence-electron chi connectivity index (χ4n) is 3.61. The Morgan fingerprint density at radius 3 is 2.34 bits per heavy atom. The molecule has 0 spiro atoms. The van der Waals surface area contributed by atoms with E-state index >= 15 is 0 Å². The molecule has 6 heteroatoms. The quantitative estimate of drug-likeness (QED) is 0.706. The Labute approximate surface area is 172 Å². The smallest absolute Gasteiger partial charge is 0.309 e. The third kappa shape index (κ3) is 6.32. The van der Waals surface area contributed by atoms with Gasteiger partial charge in [-0.2, -0.15) is 0 Å². The van der Waals surface area contributed by atoms with Gasteiger partial charge in [-0.05, 0) is 43.5 Å². The van der Waals surface area contributed by atoms with Crippen molar-refractivity contribution in [1.29, 1.82) is 0 Å². The van der Waals surface area contributed by atoms with Crippen LogP contribution in [0.1, 0.15) is 24.0 Å². The maximum Gasteiger partial charge on any atom is 0.309 e. The van der Waals surface area contributed by atoms with Crippen LogP contribution in [0.3, 0.4) is 0 Å². The summed E-state index contributed by atoms with van der Waals surface area (Å²) >= 11 is 0. The highest BCUT2D eigenvalue weighted by molar-refractivity contribution is 6.35. The van der Waals surface area contributed by atoms with Crippen molar-refractivity contribution in [3.05, 3.63) is 65.7 Å². The minimum absolute atomic E-state index is 0.258. The number of likely N-dealkylation sites (tertiary alicyclic amines) is 1. The predicted octanol–water partition coefficient (Wildman–Crippen LogP) is 2.34. The molecule has 2 N–H and O–H groups in total. The normalized spacial score (nSPS) is 14.9. The van der Waals surface area contributed by atoms with Crippen molar-refractivity contribution in [2.75, 3.05) is 26.7 Å². The van der Waals surface area contributed by atoms with E-state index < -0.39 is 11.8 Å². The molecule has 29 heavy (non-hydrogen) atoms. The number of rotatable bonds is 7. The second-order valence-corrected chi connectivity index (χ2v) is 7.41. The summed E-state index contributed by atoms with van der Waals surface area (Å²) in [6.07, 6.45) is 2.05. The SMILES string of the molecule is COc1ccccc1CNC(=O)C(=O)NCC1CCN(Cc2ccccc2)CC1. The van der Waals surface area contributed by atoms with Gasteiger partial charge in [0.15, 0.2) is 0 Å². The number of nitrogens with one attached hydrogen (secondary N) is 2. The number of carbonyl (C=O) groups excluding carboxylic acids is 2. The zero-order valence-electron chi connectivity index (χ0n) is 16.9. The lowest BCUT2D eigenvalue weighted by Gasteiger charge is -2.32. The van der Waals surface area contributed by atoms with E-state index in [2.05, 4.69) is 39.8 Å². The molecule has 3 rings (SSSR count). The molecule has 2 aromatic rings. The molecule has 0 bridgehead atoms. The summed E-state index contributed by atoms with van der Waals surface area (Å²) in [5.41, 5.74) is 2.16. The van der Waals surface area contributed by atoms with Gasteiger partial charge in [0.1, 0.15) is 5.75 Å². The van der Waals surface area contributed by atoms with E-state index in [4.69, 9.17) is 4.74 Å². The van der Waals surface area contributed by atoms with E-state index in [9.17, 15) is 9.59 Å². The van der Waals surface area contributed by atoms with Gasteiger partial charge in [-0.1, -0.05) is 48.5 Å². The molecular formula is C23H29N3O3. The number of nitrogens with zero attached hydrogens (tertiary/aromatic N) is 1. The molecular weight excluding hydrogens is 366 g/mol. The average molecular weight is 396 g/mol. The Balaban J connectivity index is 1.35. The first-order valence-electron chi connectivity index (χ1n) is 10.1. The Morgan fingerprint density at radius 1 is 0.966 bits per heavy atom. The van der Waals surface area contributed by atoms with Crippen molar-refractivity contribution in [1.82, 2.24) is 15.5 Å². The first-order valence-corrected chi connectivity index (χ1v) is 10.1. The van der Waals surface area contributed by atoms with Gasteiger partial charge in [0.05, 0.1) is 7.11 Å². The van der Waals surface area contributed by atoms with Gasteiger partial charge in [-0.15, -0.1) is 0 Å². The zero-order chi connectivity index (χ0) is 20.5. The molecule has 0 saturated carbocycles. The number of hydrogen-bond acceptors (Lipinski definition) is 4.